The molecule has 0 amide bonds. The van der Waals surface area contributed by atoms with Crippen molar-refractivity contribution in [3.05, 3.63) is 35.4 Å². The molecule has 1 N–H and O–H groups in total. The third kappa shape index (κ3) is 2.55. The molecule has 2 aliphatic rings. The number of hydrogen-bond donors (Lipinski definition) is 1. The lowest BCUT2D eigenvalue weighted by Gasteiger charge is -2.24. The lowest BCUT2D eigenvalue weighted by molar-refractivity contribution is 0.377. The first-order chi connectivity index (χ1) is 8.25. The lowest BCUT2D eigenvalue weighted by Crippen LogP contribution is -2.35. The van der Waals surface area contributed by atoms with Crippen LogP contribution in [0.4, 0.5) is 0 Å². The van der Waals surface area contributed by atoms with Crippen LogP contribution in [0.25, 0.3) is 0 Å². The van der Waals surface area contributed by atoms with Gasteiger partial charge in [-0.05, 0) is 62.5 Å². The molecule has 2 saturated carbocycles. The van der Waals surface area contributed by atoms with Gasteiger partial charge < -0.3 is 5.32 Å². The van der Waals surface area contributed by atoms with E-state index in [1.54, 1.807) is 0 Å². The van der Waals surface area contributed by atoms with E-state index in [1.165, 1.54) is 36.8 Å². The van der Waals surface area contributed by atoms with Crippen LogP contribution in [0.15, 0.2) is 24.3 Å². The summed E-state index contributed by atoms with van der Waals surface area (Å²) in [7, 11) is 0. The molecule has 2 fully saturated rings. The number of nitrogens with one attached hydrogen (secondary N) is 1. The minimum absolute atomic E-state index is 0.502. The summed E-state index contributed by atoms with van der Waals surface area (Å²) in [4.78, 5) is 0. The summed E-state index contributed by atoms with van der Waals surface area (Å²) in [5, 5.41) is 3.90. The summed E-state index contributed by atoms with van der Waals surface area (Å²) >= 11 is 0. The van der Waals surface area contributed by atoms with Crippen LogP contribution in [0.3, 0.4) is 0 Å². The maximum Gasteiger partial charge on any atom is 0.0297 e. The first-order valence-corrected chi connectivity index (χ1v) is 7.07. The molecule has 1 heteroatoms. The molecule has 0 heterocycles. The van der Waals surface area contributed by atoms with Crippen molar-refractivity contribution in [2.75, 3.05) is 0 Å². The molecule has 17 heavy (non-hydrogen) atoms. The third-order valence-corrected chi connectivity index (χ3v) is 4.36. The molecule has 0 aliphatic heterocycles. The summed E-state index contributed by atoms with van der Waals surface area (Å²) in [6.45, 7) is 4.54. The first kappa shape index (κ1) is 11.3. The van der Waals surface area contributed by atoms with E-state index in [1.807, 2.05) is 0 Å². The molecular weight excluding hydrogens is 206 g/mol. The Morgan fingerprint density at radius 1 is 1.06 bits per heavy atom. The van der Waals surface area contributed by atoms with Crippen LogP contribution in [0, 0.1) is 18.8 Å². The Kier molecular flexibility index (Phi) is 2.96. The van der Waals surface area contributed by atoms with Gasteiger partial charge in [0.1, 0.15) is 0 Å². The Morgan fingerprint density at radius 2 is 1.65 bits per heavy atom. The zero-order valence-electron chi connectivity index (χ0n) is 10.9. The quantitative estimate of drug-likeness (QED) is 0.809. The molecule has 92 valence electrons. The highest BCUT2D eigenvalue weighted by Crippen LogP contribution is 2.45. The van der Waals surface area contributed by atoms with E-state index in [2.05, 4.69) is 43.4 Å². The van der Waals surface area contributed by atoms with E-state index in [-0.39, 0.29) is 0 Å². The van der Waals surface area contributed by atoms with E-state index in [0.29, 0.717) is 6.04 Å². The molecule has 1 aromatic carbocycles. The van der Waals surface area contributed by atoms with Gasteiger partial charge in [0.15, 0.2) is 0 Å². The smallest absolute Gasteiger partial charge is 0.0297 e. The van der Waals surface area contributed by atoms with Gasteiger partial charge in [-0.2, -0.15) is 0 Å². The lowest BCUT2D eigenvalue weighted by atomic mass is 9.99. The minimum Gasteiger partial charge on any atom is -0.307 e. The van der Waals surface area contributed by atoms with Gasteiger partial charge in [0.25, 0.3) is 0 Å². The Bertz CT molecular complexity index is 378. The van der Waals surface area contributed by atoms with Crippen molar-refractivity contribution in [2.45, 2.75) is 51.6 Å². The molecule has 1 atom stereocenters. The average Bonchev–Trinajstić information content (AvgIpc) is 3.16. The Morgan fingerprint density at radius 3 is 2.18 bits per heavy atom. The van der Waals surface area contributed by atoms with Crippen molar-refractivity contribution in [1.82, 2.24) is 5.32 Å². The first-order valence-electron chi connectivity index (χ1n) is 7.07. The number of aryl methyl sites for hydroxylation is 1. The fourth-order valence-corrected chi connectivity index (χ4v) is 3.02. The summed E-state index contributed by atoms with van der Waals surface area (Å²) in [6.07, 6.45) is 5.81. The van der Waals surface area contributed by atoms with Crippen molar-refractivity contribution in [3.8, 4) is 0 Å². The van der Waals surface area contributed by atoms with Gasteiger partial charge in [-0.15, -0.1) is 0 Å². The Hall–Kier alpha value is -0.820. The third-order valence-electron chi connectivity index (χ3n) is 4.36. The second kappa shape index (κ2) is 4.45. The van der Waals surface area contributed by atoms with E-state index >= 15 is 0 Å². The van der Waals surface area contributed by atoms with Crippen LogP contribution in [-0.4, -0.2) is 6.04 Å². The zero-order chi connectivity index (χ0) is 11.8. The van der Waals surface area contributed by atoms with Crippen LogP contribution >= 0.6 is 0 Å². The summed E-state index contributed by atoms with van der Waals surface area (Å²) in [5.41, 5.74) is 2.89. The van der Waals surface area contributed by atoms with Crippen molar-refractivity contribution in [2.24, 2.45) is 11.8 Å². The van der Waals surface area contributed by atoms with Gasteiger partial charge in [-0.25, -0.2) is 0 Å². The van der Waals surface area contributed by atoms with Gasteiger partial charge in [0.05, 0.1) is 0 Å². The maximum atomic E-state index is 3.90. The van der Waals surface area contributed by atoms with Crippen molar-refractivity contribution in [3.63, 3.8) is 0 Å². The van der Waals surface area contributed by atoms with Crippen LogP contribution in [0.1, 0.15) is 49.8 Å². The molecule has 3 rings (SSSR count). The monoisotopic (exact) mass is 229 g/mol. The molecule has 1 aromatic rings. The van der Waals surface area contributed by atoms with E-state index < -0.39 is 0 Å². The van der Waals surface area contributed by atoms with Gasteiger partial charge in [0.2, 0.25) is 0 Å². The molecule has 0 saturated heterocycles. The highest BCUT2D eigenvalue weighted by molar-refractivity contribution is 5.28. The summed E-state index contributed by atoms with van der Waals surface area (Å²) < 4.78 is 0. The highest BCUT2D eigenvalue weighted by atomic mass is 15.0. The number of benzene rings is 1. The molecule has 0 bridgehead atoms. The topological polar surface area (TPSA) is 12.0 Å². The summed E-state index contributed by atoms with van der Waals surface area (Å²) in [6, 6.07) is 10.1. The minimum atomic E-state index is 0.502. The van der Waals surface area contributed by atoms with Crippen molar-refractivity contribution < 1.29 is 0 Å². The van der Waals surface area contributed by atoms with Gasteiger partial charge in [0, 0.05) is 12.1 Å². The largest absolute Gasteiger partial charge is 0.307 e. The zero-order valence-corrected chi connectivity index (χ0v) is 10.9. The second-order valence-electron chi connectivity index (χ2n) is 5.95. The summed E-state index contributed by atoms with van der Waals surface area (Å²) in [5.74, 6) is 1.96. The second-order valence-corrected chi connectivity index (χ2v) is 5.95. The Balaban J connectivity index is 1.69. The molecule has 0 spiro atoms. The fourth-order valence-electron chi connectivity index (χ4n) is 3.02. The van der Waals surface area contributed by atoms with E-state index in [0.717, 1.165) is 17.9 Å². The molecular formula is C16H23N. The highest BCUT2D eigenvalue weighted by Gasteiger charge is 2.41. The standard InChI is InChI=1S/C16H23N/c1-11-5-3-4-6-15(11)12(2)17-16(13-7-8-13)14-9-10-14/h3-6,12-14,16-17H,7-10H2,1-2H3. The van der Waals surface area contributed by atoms with Crippen LogP contribution < -0.4 is 5.32 Å². The van der Waals surface area contributed by atoms with Crippen molar-refractivity contribution >= 4 is 0 Å². The predicted molar refractivity (Wildman–Crippen MR) is 72.0 cm³/mol. The van der Waals surface area contributed by atoms with Gasteiger partial charge >= 0.3 is 0 Å². The molecule has 1 nitrogen and oxygen atoms in total. The van der Waals surface area contributed by atoms with Gasteiger partial charge in [-0.3, -0.25) is 0 Å². The number of rotatable bonds is 5. The number of hydrogen-bond acceptors (Lipinski definition) is 1. The molecule has 0 radical (unpaired) electrons. The van der Waals surface area contributed by atoms with Crippen LogP contribution in [0.5, 0.6) is 0 Å². The van der Waals surface area contributed by atoms with Crippen molar-refractivity contribution in [1.29, 1.82) is 0 Å². The predicted octanol–water partition coefficient (Wildman–Crippen LogP) is 3.83. The molecule has 1 unspecified atom stereocenters. The fraction of sp³-hybridized carbons (Fsp3) is 0.625. The maximum absolute atomic E-state index is 3.90. The van der Waals surface area contributed by atoms with Crippen LogP contribution in [0.2, 0.25) is 0 Å². The Labute approximate surface area is 105 Å². The SMILES string of the molecule is Cc1ccccc1C(C)NC(C1CC1)C1CC1. The molecule has 0 aromatic heterocycles. The van der Waals surface area contributed by atoms with E-state index in [4.69, 9.17) is 0 Å². The van der Waals surface area contributed by atoms with Gasteiger partial charge in [-0.1, -0.05) is 24.3 Å². The van der Waals surface area contributed by atoms with E-state index in [9.17, 15) is 0 Å². The van der Waals surface area contributed by atoms with Crippen LogP contribution in [-0.2, 0) is 0 Å². The molecule has 2 aliphatic carbocycles. The normalized spacial score (nSPS) is 21.8. The average molecular weight is 229 g/mol.